The van der Waals surface area contributed by atoms with E-state index in [1.807, 2.05) is 0 Å². The van der Waals surface area contributed by atoms with E-state index in [1.165, 1.54) is 49.6 Å². The minimum Gasteiger partial charge on any atom is -0.741 e. The zero-order chi connectivity index (χ0) is 57.4. The van der Waals surface area contributed by atoms with Crippen LogP contribution in [0.5, 0.6) is 47.0 Å². The monoisotopic (exact) mass is 1440 g/mol. The van der Waals surface area contributed by atoms with Crippen LogP contribution in [0.4, 0.5) is 26.3 Å². The first kappa shape index (κ1) is 66.2. The van der Waals surface area contributed by atoms with Gasteiger partial charge in [0.05, 0.1) is 0 Å². The molecule has 40 heteroatoms. The average Bonchev–Trinajstić information content (AvgIpc) is 1.63. The maximum absolute atomic E-state index is 10.7. The number of hydrogen-bond acceptors (Lipinski definition) is 26. The molecule has 440 valence electrons. The van der Waals surface area contributed by atoms with Gasteiger partial charge in [-0.2, -0.15) is 26.3 Å². The van der Waals surface area contributed by atoms with Gasteiger partial charge in [-0.3, -0.25) is 0 Å². The van der Waals surface area contributed by atoms with Crippen molar-refractivity contribution in [1.82, 2.24) is 39.9 Å². The molecule has 0 amide bonds. The third kappa shape index (κ3) is 19.8. The smallest absolute Gasteiger partial charge is 0.741 e. The summed E-state index contributed by atoms with van der Waals surface area (Å²) < 4.78 is 193. The number of nitrogens with zero attached hydrogens (tertiary/aromatic N) is 12. The zero-order valence-corrected chi connectivity index (χ0v) is 48.2. The molecule has 0 N–H and O–H groups in total. The van der Waals surface area contributed by atoms with Gasteiger partial charge in [-0.25, -0.2) is 56.7 Å². The van der Waals surface area contributed by atoms with Crippen molar-refractivity contribution < 1.29 is 133 Å². The summed E-state index contributed by atoms with van der Waals surface area (Å²) in [7, 11) is -30.6. The molecule has 0 atom stereocenters. The average molecular weight is 1450 g/mol. The summed E-state index contributed by atoms with van der Waals surface area (Å²) in [6, 6.07) is 39.8. The molecule has 0 saturated carbocycles. The molecule has 0 aliphatic carbocycles. The van der Waals surface area contributed by atoms with Crippen LogP contribution in [-0.2, 0) is 65.0 Å². The summed E-state index contributed by atoms with van der Waals surface area (Å²) in [5.41, 5.74) is -11.3. The van der Waals surface area contributed by atoms with Crippen LogP contribution in [0.1, 0.15) is 0 Å². The van der Waals surface area contributed by atoms with Gasteiger partial charge in [-0.15, -0.1) is 0 Å². The van der Waals surface area contributed by atoms with Crippen molar-refractivity contribution in [3.8, 4) is 47.0 Å². The van der Waals surface area contributed by atoms with Crippen molar-refractivity contribution in [1.29, 1.82) is 0 Å². The minimum atomic E-state index is -6.09. The van der Waals surface area contributed by atoms with E-state index in [9.17, 15) is 26.3 Å². The molecular weight excluding hydrogens is 1410 g/mol. The van der Waals surface area contributed by atoms with Crippen LogP contribution in [0, 0.1) is 0 Å². The maximum Gasteiger partial charge on any atom is 1.00 e. The van der Waals surface area contributed by atoms with E-state index in [1.54, 1.807) is 146 Å². The molecule has 0 radical (unpaired) electrons. The van der Waals surface area contributed by atoms with E-state index in [2.05, 4.69) is 39.9 Å². The zero-order valence-electron chi connectivity index (χ0n) is 40.0. The first-order valence-corrected chi connectivity index (χ1v) is 30.3. The van der Waals surface area contributed by atoms with E-state index in [0.29, 0.717) is 0 Å². The summed E-state index contributed by atoms with van der Waals surface area (Å²) in [4.78, 5) is 35.7. The largest absolute Gasteiger partial charge is 1.00 e. The molecule has 82 heavy (non-hydrogen) atoms. The Kier molecular flexibility index (Phi) is 23.5. The quantitative estimate of drug-likeness (QED) is 0.0285. The van der Waals surface area contributed by atoms with Crippen LogP contribution in [-0.4, -0.2) is 76.8 Å². The second-order valence-corrected chi connectivity index (χ2v) is 25.2. The van der Waals surface area contributed by atoms with Gasteiger partial charge in [0.1, 0.15) is 0 Å². The number of alkyl halides is 6. The standard InChI is InChI=1S/C40H32N12O8P4.2CHF3O3S.2Ag/c1-9-25-41-33(17-1)53-61(54-34-18-2-10-26-42-34)49-62(55-35-19-3-11-27-43-35,56-36-20-4-12-28-44-36)51-64(59-39-23-7-15-31-47-39,60-40-24-8-16-32-48-40)52-63(50-61,57-37-21-5-13-29-45-37)58-38-22-6-14-30-46-38;2*2-1(3,4)8(5,6)7;;/h1-32H;2*(H,5,6,7);;/q;;;2*+1/p-2. The third-order valence-electron chi connectivity index (χ3n) is 8.27. The number of hydrogen-bond donors (Lipinski definition) is 0. The van der Waals surface area contributed by atoms with Crippen molar-refractivity contribution >= 4 is 50.9 Å². The summed E-state index contributed by atoms with van der Waals surface area (Å²) in [6.45, 7) is 0. The van der Waals surface area contributed by atoms with Crippen LogP contribution < -0.4 is 36.2 Å². The van der Waals surface area contributed by atoms with E-state index >= 15 is 0 Å². The second kappa shape index (κ2) is 29.1. The SMILES string of the molecule is O=S(=O)([O-])C(F)(F)F.O=S(=O)([O-])C(F)(F)F.[Ag+].[Ag+].c1ccc(OP2(Oc3ccccn3)=NP(Oc3ccccn3)(Oc3ccccn3)=NP(Oc3ccccn3)(Oc3ccccn3)=NP(Oc3ccccn3)(Oc3ccccn3)=N2)nc1. The topological polar surface area (TPSA) is 341 Å². The van der Waals surface area contributed by atoms with Crippen LogP contribution >= 0.6 is 30.6 Å². The second-order valence-electron chi connectivity index (χ2n) is 14.2. The minimum absolute atomic E-state index is 0. The molecule has 0 unspecified atom stereocenters. The molecule has 0 spiro atoms. The molecule has 0 fully saturated rings. The van der Waals surface area contributed by atoms with Crippen LogP contribution in [0.3, 0.4) is 0 Å². The van der Waals surface area contributed by atoms with E-state index in [-0.39, 0.29) is 91.8 Å². The van der Waals surface area contributed by atoms with Crippen molar-refractivity contribution in [3.63, 3.8) is 0 Å². The molecule has 0 aromatic carbocycles. The van der Waals surface area contributed by atoms with Crippen molar-refractivity contribution in [2.45, 2.75) is 11.0 Å². The Bertz CT molecular complexity index is 3130. The fourth-order valence-electron chi connectivity index (χ4n) is 5.19. The van der Waals surface area contributed by atoms with Crippen molar-refractivity contribution in [2.24, 2.45) is 18.1 Å². The van der Waals surface area contributed by atoms with Gasteiger partial charge < -0.3 is 45.3 Å². The van der Waals surface area contributed by atoms with E-state index in [0.717, 1.165) is 0 Å². The van der Waals surface area contributed by atoms with Gasteiger partial charge >= 0.3 is 86.4 Å². The normalized spacial score (nSPS) is 14.6. The molecule has 9 heterocycles. The number of pyridine rings is 8. The predicted molar refractivity (Wildman–Crippen MR) is 268 cm³/mol. The van der Waals surface area contributed by atoms with Crippen molar-refractivity contribution in [2.75, 3.05) is 0 Å². The van der Waals surface area contributed by atoms with Gasteiger partial charge in [0.25, 0.3) is 0 Å². The summed E-state index contributed by atoms with van der Waals surface area (Å²) in [6.07, 6.45) is 12.1. The Balaban J connectivity index is 0.000000600. The molecule has 8 aromatic rings. The van der Waals surface area contributed by atoms with Crippen LogP contribution in [0.25, 0.3) is 0 Å². The summed E-state index contributed by atoms with van der Waals surface area (Å²) >= 11 is 0. The molecule has 26 nitrogen and oxygen atoms in total. The van der Waals surface area contributed by atoms with E-state index in [4.69, 9.17) is 80.2 Å². The summed E-state index contributed by atoms with van der Waals surface area (Å²) in [5, 5.41) is 0. The predicted octanol–water partition coefficient (Wildman–Crippen LogP) is 11.7. The van der Waals surface area contributed by atoms with Gasteiger partial charge in [-0.1, -0.05) is 66.6 Å². The van der Waals surface area contributed by atoms with Gasteiger partial charge in [0, 0.05) is 98.1 Å². The Morgan fingerprint density at radius 3 is 0.500 bits per heavy atom. The molecule has 9 rings (SSSR count). The van der Waals surface area contributed by atoms with Gasteiger partial charge in [0.2, 0.25) is 47.0 Å². The molecule has 0 saturated heterocycles. The van der Waals surface area contributed by atoms with Gasteiger partial charge in [0.15, 0.2) is 20.2 Å². The fourth-order valence-corrected chi connectivity index (χ4v) is 16.9. The Labute approximate surface area is 492 Å². The van der Waals surface area contributed by atoms with Crippen LogP contribution in [0.2, 0.25) is 0 Å². The Morgan fingerprint density at radius 1 is 0.293 bits per heavy atom. The third-order valence-corrected chi connectivity index (χ3v) is 20.0. The van der Waals surface area contributed by atoms with Crippen molar-refractivity contribution in [3.05, 3.63) is 195 Å². The Hall–Kier alpha value is -6.60. The van der Waals surface area contributed by atoms with Gasteiger partial charge in [-0.05, 0) is 48.5 Å². The molecule has 1 aliphatic rings. The first-order valence-electron chi connectivity index (χ1n) is 21.4. The Morgan fingerprint density at radius 2 is 0.415 bits per heavy atom. The molecule has 0 bridgehead atoms. The van der Waals surface area contributed by atoms with E-state index < -0.39 is 61.9 Å². The number of halogens is 6. The van der Waals surface area contributed by atoms with Crippen LogP contribution in [0.15, 0.2) is 213 Å². The first-order chi connectivity index (χ1) is 38.0. The molecule has 8 aromatic heterocycles. The molecule has 1 aliphatic heterocycles. The maximum atomic E-state index is 10.7. The fraction of sp³-hybridized carbons (Fsp3) is 0.0476. The number of aromatic nitrogens is 8. The number of rotatable bonds is 16. The molecular formula is C42H32Ag2F6N12O14P4S2. The summed E-state index contributed by atoms with van der Waals surface area (Å²) in [5.74, 6) is -0.0155.